The molecule has 0 aliphatic carbocycles. The molecule has 0 radical (unpaired) electrons. The van der Waals surface area contributed by atoms with Crippen molar-refractivity contribution in [3.8, 4) is 0 Å². The van der Waals surface area contributed by atoms with Gasteiger partial charge in [0, 0.05) is 11.4 Å². The average Bonchev–Trinajstić information content (AvgIpc) is 2.38. The number of halogens is 1. The highest BCUT2D eigenvalue weighted by Gasteiger charge is 2.49. The molecule has 3 rings (SSSR count). The van der Waals surface area contributed by atoms with E-state index in [4.69, 9.17) is 11.6 Å². The minimum Gasteiger partial charge on any atom is -0.296 e. The van der Waals surface area contributed by atoms with Crippen LogP contribution in [0.25, 0.3) is 0 Å². The Morgan fingerprint density at radius 1 is 1.25 bits per heavy atom. The number of benzene rings is 1. The Hall–Kier alpha value is -1.00. The summed E-state index contributed by atoms with van der Waals surface area (Å²) >= 11 is 7.96. The van der Waals surface area contributed by atoms with Crippen molar-refractivity contribution in [2.75, 3.05) is 11.5 Å². The topological polar surface area (TPSA) is 46.2 Å². The fourth-order valence-corrected chi connectivity index (χ4v) is 4.89. The van der Waals surface area contributed by atoms with Gasteiger partial charge in [-0.3, -0.25) is 14.9 Å². The number of piperidine rings is 1. The van der Waals surface area contributed by atoms with Gasteiger partial charge >= 0.3 is 0 Å². The minimum atomic E-state index is -0.264. The molecule has 20 heavy (non-hydrogen) atoms. The number of hydrogen-bond acceptors (Lipinski definition) is 3. The van der Waals surface area contributed by atoms with Crippen molar-refractivity contribution in [3.05, 3.63) is 34.9 Å². The summed E-state index contributed by atoms with van der Waals surface area (Å²) in [6.07, 6.45) is 2.26. The summed E-state index contributed by atoms with van der Waals surface area (Å²) in [4.78, 5) is 24.2. The predicted octanol–water partition coefficient (Wildman–Crippen LogP) is 2.98. The van der Waals surface area contributed by atoms with Gasteiger partial charge in [0.2, 0.25) is 11.8 Å². The van der Waals surface area contributed by atoms with E-state index in [0.29, 0.717) is 11.4 Å². The summed E-state index contributed by atoms with van der Waals surface area (Å²) < 4.78 is 0. The lowest BCUT2D eigenvalue weighted by molar-refractivity contribution is -0.140. The molecule has 2 saturated heterocycles. The summed E-state index contributed by atoms with van der Waals surface area (Å²) in [5, 5.41) is 3.12. The highest BCUT2D eigenvalue weighted by Crippen LogP contribution is 2.50. The monoisotopic (exact) mass is 309 g/mol. The molecule has 1 atom stereocenters. The quantitative estimate of drug-likeness (QED) is 0.811. The third-order valence-electron chi connectivity index (χ3n) is 4.32. The molecule has 106 valence electrons. The molecule has 2 fully saturated rings. The summed E-state index contributed by atoms with van der Waals surface area (Å²) in [5.74, 6) is 1.45. The number of rotatable bonds is 1. The highest BCUT2D eigenvalue weighted by atomic mass is 35.5. The van der Waals surface area contributed by atoms with E-state index >= 15 is 0 Å². The molecular formula is C15H16ClNO2S. The number of thioether (sulfide) groups is 1. The van der Waals surface area contributed by atoms with E-state index in [1.165, 1.54) is 0 Å². The molecule has 0 aromatic heterocycles. The van der Waals surface area contributed by atoms with Crippen LogP contribution in [0.3, 0.4) is 0 Å². The summed E-state index contributed by atoms with van der Waals surface area (Å²) in [6.45, 7) is 0. The average molecular weight is 310 g/mol. The number of amides is 2. The zero-order valence-corrected chi connectivity index (χ0v) is 12.6. The summed E-state index contributed by atoms with van der Waals surface area (Å²) in [7, 11) is 0. The number of nitrogens with one attached hydrogen (secondary N) is 1. The van der Waals surface area contributed by atoms with Gasteiger partial charge in [-0.2, -0.15) is 11.8 Å². The SMILES string of the molecule is O=C1CC2(CCSCC2)C(c2cccc(Cl)c2)C(=O)N1. The molecule has 2 aliphatic rings. The predicted molar refractivity (Wildman–Crippen MR) is 81.0 cm³/mol. The van der Waals surface area contributed by atoms with E-state index in [1.807, 2.05) is 30.0 Å². The van der Waals surface area contributed by atoms with Gasteiger partial charge in [0.25, 0.3) is 0 Å². The summed E-state index contributed by atoms with van der Waals surface area (Å²) in [6, 6.07) is 7.47. The third kappa shape index (κ3) is 2.47. The smallest absolute Gasteiger partial charge is 0.234 e. The van der Waals surface area contributed by atoms with Crippen molar-refractivity contribution in [2.24, 2.45) is 5.41 Å². The maximum Gasteiger partial charge on any atom is 0.234 e. The van der Waals surface area contributed by atoms with E-state index in [9.17, 15) is 9.59 Å². The first-order valence-corrected chi connectivity index (χ1v) is 8.31. The molecule has 2 amide bonds. The molecule has 1 aromatic rings. The van der Waals surface area contributed by atoms with Crippen LogP contribution in [0.1, 0.15) is 30.7 Å². The first-order valence-electron chi connectivity index (χ1n) is 6.78. The zero-order chi connectivity index (χ0) is 14.2. The molecule has 0 bridgehead atoms. The van der Waals surface area contributed by atoms with Crippen molar-refractivity contribution in [2.45, 2.75) is 25.2 Å². The molecule has 5 heteroatoms. The van der Waals surface area contributed by atoms with Crippen LogP contribution in [0.2, 0.25) is 5.02 Å². The van der Waals surface area contributed by atoms with Crippen LogP contribution >= 0.6 is 23.4 Å². The second-order valence-electron chi connectivity index (χ2n) is 5.55. The highest BCUT2D eigenvalue weighted by molar-refractivity contribution is 7.99. The third-order valence-corrected chi connectivity index (χ3v) is 5.54. The maximum atomic E-state index is 12.4. The molecule has 2 heterocycles. The van der Waals surface area contributed by atoms with Gasteiger partial charge < -0.3 is 0 Å². The first-order chi connectivity index (χ1) is 9.61. The second kappa shape index (κ2) is 5.41. The number of imide groups is 1. The van der Waals surface area contributed by atoms with E-state index in [0.717, 1.165) is 29.9 Å². The minimum absolute atomic E-state index is 0.139. The Labute approximate surface area is 127 Å². The Balaban J connectivity index is 2.03. The van der Waals surface area contributed by atoms with E-state index in [1.54, 1.807) is 6.07 Å². The second-order valence-corrected chi connectivity index (χ2v) is 7.21. The normalized spacial score (nSPS) is 25.6. The van der Waals surface area contributed by atoms with Gasteiger partial charge in [0.15, 0.2) is 0 Å². The van der Waals surface area contributed by atoms with Crippen molar-refractivity contribution >= 4 is 35.2 Å². The van der Waals surface area contributed by atoms with Crippen molar-refractivity contribution in [1.82, 2.24) is 5.32 Å². The van der Waals surface area contributed by atoms with Gasteiger partial charge in [-0.1, -0.05) is 23.7 Å². The molecular weight excluding hydrogens is 294 g/mol. The van der Waals surface area contributed by atoms with Crippen LogP contribution < -0.4 is 5.32 Å². The standard InChI is InChI=1S/C15H16ClNO2S/c16-11-3-1-2-10(8-11)13-14(19)17-12(18)9-15(13)4-6-20-7-5-15/h1-3,8,13H,4-7,9H2,(H,17,18,19). The van der Waals surface area contributed by atoms with E-state index in [-0.39, 0.29) is 23.1 Å². The summed E-state index contributed by atoms with van der Waals surface area (Å²) in [5.41, 5.74) is 0.699. The number of hydrogen-bond donors (Lipinski definition) is 1. The van der Waals surface area contributed by atoms with Gasteiger partial charge in [-0.15, -0.1) is 0 Å². The molecule has 1 unspecified atom stereocenters. The fourth-order valence-electron chi connectivity index (χ4n) is 3.39. The van der Waals surface area contributed by atoms with Crippen molar-refractivity contribution in [3.63, 3.8) is 0 Å². The van der Waals surface area contributed by atoms with Gasteiger partial charge in [0.1, 0.15) is 0 Å². The van der Waals surface area contributed by atoms with Crippen LogP contribution in [0, 0.1) is 5.41 Å². The van der Waals surface area contributed by atoms with Gasteiger partial charge in [-0.05, 0) is 47.5 Å². The van der Waals surface area contributed by atoms with Crippen LogP contribution in [-0.4, -0.2) is 23.3 Å². The lowest BCUT2D eigenvalue weighted by atomic mass is 9.64. The zero-order valence-electron chi connectivity index (χ0n) is 11.0. The first kappa shape index (κ1) is 14.0. The van der Waals surface area contributed by atoms with Crippen molar-refractivity contribution < 1.29 is 9.59 Å². The van der Waals surface area contributed by atoms with E-state index < -0.39 is 0 Å². The van der Waals surface area contributed by atoms with Crippen LogP contribution in [0.15, 0.2) is 24.3 Å². The van der Waals surface area contributed by atoms with E-state index in [2.05, 4.69) is 5.32 Å². The number of carbonyl (C=O) groups excluding carboxylic acids is 2. The Morgan fingerprint density at radius 3 is 2.70 bits per heavy atom. The molecule has 0 saturated carbocycles. The Morgan fingerprint density at radius 2 is 2.00 bits per heavy atom. The van der Waals surface area contributed by atoms with Crippen LogP contribution in [0.4, 0.5) is 0 Å². The maximum absolute atomic E-state index is 12.4. The Kier molecular flexibility index (Phi) is 3.78. The molecule has 1 spiro atoms. The lowest BCUT2D eigenvalue weighted by Crippen LogP contribution is -2.52. The van der Waals surface area contributed by atoms with Crippen LogP contribution in [-0.2, 0) is 9.59 Å². The molecule has 1 aromatic carbocycles. The Bertz CT molecular complexity index is 555. The van der Waals surface area contributed by atoms with Gasteiger partial charge in [-0.25, -0.2) is 0 Å². The lowest BCUT2D eigenvalue weighted by Gasteiger charge is -2.45. The fraction of sp³-hybridized carbons (Fsp3) is 0.467. The van der Waals surface area contributed by atoms with Crippen molar-refractivity contribution in [1.29, 1.82) is 0 Å². The van der Waals surface area contributed by atoms with Gasteiger partial charge in [0.05, 0.1) is 5.92 Å². The largest absolute Gasteiger partial charge is 0.296 e. The molecule has 2 aliphatic heterocycles. The molecule has 3 nitrogen and oxygen atoms in total. The number of carbonyl (C=O) groups is 2. The molecule has 1 N–H and O–H groups in total. The van der Waals surface area contributed by atoms with Crippen LogP contribution in [0.5, 0.6) is 0 Å².